The molecule has 3 nitrogen and oxygen atoms in total. The molecular weight excluding hydrogens is 226 g/mol. The molecule has 0 bridgehead atoms. The van der Waals surface area contributed by atoms with Gasteiger partial charge in [-0.15, -0.1) is 0 Å². The minimum atomic E-state index is 0.211. The number of piperidine rings is 1. The highest BCUT2D eigenvalue weighted by molar-refractivity contribution is 5.29. The minimum Gasteiger partial charge on any atom is -0.491 e. The highest BCUT2D eigenvalue weighted by Gasteiger charge is 2.21. The summed E-state index contributed by atoms with van der Waals surface area (Å²) in [6, 6.07) is 8.66. The van der Waals surface area contributed by atoms with Crippen LogP contribution < -0.4 is 10.1 Å². The lowest BCUT2D eigenvalue weighted by Crippen LogP contribution is -2.33. The Bertz CT molecular complexity index is 361. The summed E-state index contributed by atoms with van der Waals surface area (Å²) in [6.45, 7) is 5.34. The Hall–Kier alpha value is -1.06. The van der Waals surface area contributed by atoms with E-state index in [9.17, 15) is 5.11 Å². The zero-order valence-corrected chi connectivity index (χ0v) is 11.2. The predicted octanol–water partition coefficient (Wildman–Crippen LogP) is 2.51. The number of aliphatic hydroxyl groups excluding tert-OH is 1. The summed E-state index contributed by atoms with van der Waals surface area (Å²) in [5, 5.41) is 12.8. The zero-order chi connectivity index (χ0) is 13.0. The van der Waals surface area contributed by atoms with Crippen molar-refractivity contribution in [2.24, 2.45) is 5.92 Å². The first-order chi connectivity index (χ1) is 8.69. The van der Waals surface area contributed by atoms with Crippen LogP contribution >= 0.6 is 0 Å². The lowest BCUT2D eigenvalue weighted by molar-refractivity contribution is 0.176. The van der Waals surface area contributed by atoms with E-state index in [0.717, 1.165) is 25.1 Å². The van der Waals surface area contributed by atoms with Gasteiger partial charge in [-0.25, -0.2) is 0 Å². The number of ether oxygens (including phenoxy) is 1. The maximum atomic E-state index is 9.25. The summed E-state index contributed by atoms with van der Waals surface area (Å²) < 4.78 is 5.64. The Morgan fingerprint density at radius 1 is 1.33 bits per heavy atom. The molecule has 0 amide bonds. The van der Waals surface area contributed by atoms with E-state index in [1.165, 1.54) is 5.56 Å². The van der Waals surface area contributed by atoms with Crippen LogP contribution in [0.25, 0.3) is 0 Å². The standard InChI is InChI=1S/C15H23NO2/c1-11(2)18-14-5-3-13(4-6-14)15-9-12(10-17)7-8-16-15/h3-6,11-12,15-17H,7-10H2,1-2H3. The van der Waals surface area contributed by atoms with Gasteiger partial charge in [0.25, 0.3) is 0 Å². The number of benzene rings is 1. The van der Waals surface area contributed by atoms with Crippen LogP contribution in [0.2, 0.25) is 0 Å². The van der Waals surface area contributed by atoms with Gasteiger partial charge < -0.3 is 15.2 Å². The topological polar surface area (TPSA) is 41.5 Å². The van der Waals surface area contributed by atoms with Gasteiger partial charge in [0.15, 0.2) is 0 Å². The smallest absolute Gasteiger partial charge is 0.119 e. The van der Waals surface area contributed by atoms with Gasteiger partial charge >= 0.3 is 0 Å². The van der Waals surface area contributed by atoms with Crippen molar-refractivity contribution < 1.29 is 9.84 Å². The van der Waals surface area contributed by atoms with Crippen molar-refractivity contribution in [3.8, 4) is 5.75 Å². The fourth-order valence-electron chi connectivity index (χ4n) is 2.47. The number of hydrogen-bond acceptors (Lipinski definition) is 3. The minimum absolute atomic E-state index is 0.211. The van der Waals surface area contributed by atoms with Crippen molar-refractivity contribution in [3.05, 3.63) is 29.8 Å². The number of rotatable bonds is 4. The van der Waals surface area contributed by atoms with Crippen molar-refractivity contribution in [1.82, 2.24) is 5.32 Å². The fourth-order valence-corrected chi connectivity index (χ4v) is 2.47. The summed E-state index contributed by atoms with van der Waals surface area (Å²) in [7, 11) is 0. The Morgan fingerprint density at radius 2 is 2.06 bits per heavy atom. The number of hydrogen-bond donors (Lipinski definition) is 2. The molecule has 0 spiro atoms. The van der Waals surface area contributed by atoms with Crippen molar-refractivity contribution in [3.63, 3.8) is 0 Å². The Morgan fingerprint density at radius 3 is 2.67 bits per heavy atom. The normalized spacial score (nSPS) is 24.2. The van der Waals surface area contributed by atoms with Crippen molar-refractivity contribution in [2.45, 2.75) is 38.8 Å². The van der Waals surface area contributed by atoms with E-state index in [1.807, 2.05) is 26.0 Å². The second-order valence-electron chi connectivity index (χ2n) is 5.32. The van der Waals surface area contributed by atoms with Gasteiger partial charge in [-0.3, -0.25) is 0 Å². The van der Waals surface area contributed by atoms with Crippen LogP contribution in [0.5, 0.6) is 5.75 Å². The van der Waals surface area contributed by atoms with E-state index in [2.05, 4.69) is 17.4 Å². The molecule has 1 aromatic carbocycles. The van der Waals surface area contributed by atoms with E-state index >= 15 is 0 Å². The van der Waals surface area contributed by atoms with Crippen molar-refractivity contribution in [2.75, 3.05) is 13.2 Å². The summed E-state index contributed by atoms with van der Waals surface area (Å²) in [4.78, 5) is 0. The first-order valence-corrected chi connectivity index (χ1v) is 6.80. The summed E-state index contributed by atoms with van der Waals surface area (Å²) >= 11 is 0. The van der Waals surface area contributed by atoms with Crippen LogP contribution in [0.3, 0.4) is 0 Å². The molecular formula is C15H23NO2. The second kappa shape index (κ2) is 6.21. The van der Waals surface area contributed by atoms with Gasteiger partial charge in [-0.05, 0) is 56.8 Å². The number of nitrogens with one attached hydrogen (secondary N) is 1. The van der Waals surface area contributed by atoms with Gasteiger partial charge in [0.05, 0.1) is 6.10 Å². The average Bonchev–Trinajstić information content (AvgIpc) is 2.39. The van der Waals surface area contributed by atoms with Crippen LogP contribution in [0.4, 0.5) is 0 Å². The molecule has 2 N–H and O–H groups in total. The molecule has 2 rings (SSSR count). The molecule has 0 aromatic heterocycles. The summed E-state index contributed by atoms with van der Waals surface area (Å²) in [5.41, 5.74) is 1.28. The lowest BCUT2D eigenvalue weighted by Gasteiger charge is -2.29. The molecule has 3 heteroatoms. The Balaban J connectivity index is 2.00. The lowest BCUT2D eigenvalue weighted by atomic mass is 9.89. The summed E-state index contributed by atoms with van der Waals surface area (Å²) in [6.07, 6.45) is 2.30. The molecule has 2 atom stereocenters. The van der Waals surface area contributed by atoms with Gasteiger partial charge in [0.2, 0.25) is 0 Å². The van der Waals surface area contributed by atoms with E-state index in [-0.39, 0.29) is 6.10 Å². The third kappa shape index (κ3) is 3.47. The molecule has 2 unspecified atom stereocenters. The van der Waals surface area contributed by atoms with Crippen LogP contribution in [0, 0.1) is 5.92 Å². The van der Waals surface area contributed by atoms with Crippen LogP contribution in [-0.2, 0) is 0 Å². The maximum absolute atomic E-state index is 9.25. The molecule has 1 aliphatic heterocycles. The third-order valence-electron chi connectivity index (χ3n) is 3.42. The molecule has 1 aliphatic rings. The fraction of sp³-hybridized carbons (Fsp3) is 0.600. The highest BCUT2D eigenvalue weighted by atomic mass is 16.5. The molecule has 1 heterocycles. The van der Waals surface area contributed by atoms with E-state index in [1.54, 1.807) is 0 Å². The third-order valence-corrected chi connectivity index (χ3v) is 3.42. The Kier molecular flexibility index (Phi) is 4.61. The average molecular weight is 249 g/mol. The predicted molar refractivity (Wildman–Crippen MR) is 72.8 cm³/mol. The first-order valence-electron chi connectivity index (χ1n) is 6.80. The molecule has 1 fully saturated rings. The largest absolute Gasteiger partial charge is 0.491 e. The molecule has 1 aromatic rings. The zero-order valence-electron chi connectivity index (χ0n) is 11.2. The SMILES string of the molecule is CC(C)Oc1ccc(C2CC(CO)CCN2)cc1. The molecule has 100 valence electrons. The van der Waals surface area contributed by atoms with Gasteiger partial charge in [-0.1, -0.05) is 12.1 Å². The molecule has 0 saturated carbocycles. The monoisotopic (exact) mass is 249 g/mol. The maximum Gasteiger partial charge on any atom is 0.119 e. The van der Waals surface area contributed by atoms with Crippen LogP contribution in [-0.4, -0.2) is 24.4 Å². The van der Waals surface area contributed by atoms with Crippen molar-refractivity contribution in [1.29, 1.82) is 0 Å². The Labute approximate surface area is 109 Å². The van der Waals surface area contributed by atoms with Crippen LogP contribution in [0.15, 0.2) is 24.3 Å². The quantitative estimate of drug-likeness (QED) is 0.861. The van der Waals surface area contributed by atoms with Crippen LogP contribution in [0.1, 0.15) is 38.3 Å². The van der Waals surface area contributed by atoms with Gasteiger partial charge in [0, 0.05) is 12.6 Å². The van der Waals surface area contributed by atoms with E-state index in [4.69, 9.17) is 4.74 Å². The first kappa shape index (κ1) is 13.4. The van der Waals surface area contributed by atoms with Crippen molar-refractivity contribution >= 4 is 0 Å². The van der Waals surface area contributed by atoms with E-state index in [0.29, 0.717) is 18.6 Å². The van der Waals surface area contributed by atoms with E-state index < -0.39 is 0 Å². The molecule has 0 aliphatic carbocycles. The van der Waals surface area contributed by atoms with Gasteiger partial charge in [-0.2, -0.15) is 0 Å². The highest BCUT2D eigenvalue weighted by Crippen LogP contribution is 2.28. The molecule has 18 heavy (non-hydrogen) atoms. The molecule has 0 radical (unpaired) electrons. The summed E-state index contributed by atoms with van der Waals surface area (Å²) in [5.74, 6) is 1.35. The van der Waals surface area contributed by atoms with Gasteiger partial charge in [0.1, 0.15) is 5.75 Å². The number of aliphatic hydroxyl groups is 1. The molecule has 1 saturated heterocycles. The second-order valence-corrected chi connectivity index (χ2v) is 5.32.